The number of hydrogen-bond donors (Lipinski definition) is 1. The molecule has 0 aromatic heterocycles. The van der Waals surface area contributed by atoms with E-state index >= 15 is 0 Å². The average Bonchev–Trinajstić information content (AvgIpc) is 2.52. The van der Waals surface area contributed by atoms with Crippen LogP contribution in [0.25, 0.3) is 0 Å². The first-order chi connectivity index (χ1) is 9.78. The Bertz CT molecular complexity index is 419. The van der Waals surface area contributed by atoms with Crippen LogP contribution in [0, 0.1) is 5.92 Å². The fourth-order valence-corrected chi connectivity index (χ4v) is 3.20. The molecule has 2 atom stereocenters. The molecule has 1 N–H and O–H groups in total. The van der Waals surface area contributed by atoms with E-state index in [0.29, 0.717) is 6.04 Å². The van der Waals surface area contributed by atoms with Crippen LogP contribution in [0.15, 0.2) is 18.2 Å². The van der Waals surface area contributed by atoms with Gasteiger partial charge in [0.2, 0.25) is 0 Å². The first-order valence-corrected chi connectivity index (χ1v) is 7.72. The van der Waals surface area contributed by atoms with E-state index in [0.717, 1.165) is 24.0 Å². The van der Waals surface area contributed by atoms with Crippen LogP contribution in [-0.2, 0) is 6.54 Å². The van der Waals surface area contributed by atoms with Crippen LogP contribution in [0.5, 0.6) is 11.5 Å². The van der Waals surface area contributed by atoms with Gasteiger partial charge >= 0.3 is 0 Å². The van der Waals surface area contributed by atoms with Crippen molar-refractivity contribution in [3.8, 4) is 11.5 Å². The van der Waals surface area contributed by atoms with Crippen molar-refractivity contribution < 1.29 is 9.47 Å². The molecule has 3 heteroatoms. The van der Waals surface area contributed by atoms with E-state index in [1.165, 1.54) is 37.7 Å². The van der Waals surface area contributed by atoms with E-state index in [4.69, 9.17) is 9.47 Å². The molecule has 1 saturated carbocycles. The molecule has 1 fully saturated rings. The Balaban J connectivity index is 1.99. The molecule has 1 aliphatic carbocycles. The summed E-state index contributed by atoms with van der Waals surface area (Å²) in [4.78, 5) is 0. The summed E-state index contributed by atoms with van der Waals surface area (Å²) in [6, 6.07) is 6.70. The number of hydrogen-bond acceptors (Lipinski definition) is 3. The quantitative estimate of drug-likeness (QED) is 0.858. The third-order valence-electron chi connectivity index (χ3n) is 4.48. The van der Waals surface area contributed by atoms with Crippen molar-refractivity contribution in [3.63, 3.8) is 0 Å². The third-order valence-corrected chi connectivity index (χ3v) is 4.48. The zero-order valence-corrected chi connectivity index (χ0v) is 12.9. The van der Waals surface area contributed by atoms with Crippen molar-refractivity contribution in [2.75, 3.05) is 14.2 Å². The lowest BCUT2D eigenvalue weighted by Gasteiger charge is -2.32. The molecule has 1 aromatic rings. The van der Waals surface area contributed by atoms with Gasteiger partial charge in [0.15, 0.2) is 0 Å². The first-order valence-electron chi connectivity index (χ1n) is 7.72. The molecule has 0 spiro atoms. The first kappa shape index (κ1) is 15.2. The minimum absolute atomic E-state index is 0.653. The molecule has 0 saturated heterocycles. The number of nitrogens with one attached hydrogen (secondary N) is 1. The summed E-state index contributed by atoms with van der Waals surface area (Å²) < 4.78 is 10.7. The van der Waals surface area contributed by atoms with Crippen LogP contribution in [0.4, 0.5) is 0 Å². The topological polar surface area (TPSA) is 30.5 Å². The Morgan fingerprint density at radius 2 is 1.95 bits per heavy atom. The maximum absolute atomic E-state index is 5.46. The average molecular weight is 277 g/mol. The van der Waals surface area contributed by atoms with E-state index in [1.54, 1.807) is 14.2 Å². The van der Waals surface area contributed by atoms with Gasteiger partial charge in [0, 0.05) is 24.2 Å². The smallest absolute Gasteiger partial charge is 0.127 e. The van der Waals surface area contributed by atoms with E-state index in [-0.39, 0.29) is 0 Å². The third kappa shape index (κ3) is 3.66. The van der Waals surface area contributed by atoms with Gasteiger partial charge in [-0.2, -0.15) is 0 Å². The van der Waals surface area contributed by atoms with E-state index in [1.807, 2.05) is 12.1 Å². The summed E-state index contributed by atoms with van der Waals surface area (Å²) in [5.41, 5.74) is 1.20. The molecule has 0 radical (unpaired) electrons. The van der Waals surface area contributed by atoms with Crippen molar-refractivity contribution in [1.29, 1.82) is 0 Å². The Labute approximate surface area is 122 Å². The van der Waals surface area contributed by atoms with Gasteiger partial charge in [-0.3, -0.25) is 0 Å². The molecule has 1 aliphatic rings. The summed E-state index contributed by atoms with van der Waals surface area (Å²) in [5, 5.41) is 3.73. The van der Waals surface area contributed by atoms with Crippen molar-refractivity contribution in [2.45, 2.75) is 51.6 Å². The van der Waals surface area contributed by atoms with Crippen LogP contribution in [-0.4, -0.2) is 20.3 Å². The molecule has 0 bridgehead atoms. The minimum Gasteiger partial charge on any atom is -0.497 e. The second kappa shape index (κ2) is 7.53. The Kier molecular flexibility index (Phi) is 5.72. The van der Waals surface area contributed by atoms with Crippen LogP contribution < -0.4 is 14.8 Å². The highest BCUT2D eigenvalue weighted by atomic mass is 16.5. The molecule has 0 heterocycles. The predicted octanol–water partition coefficient (Wildman–Crippen LogP) is 3.76. The molecule has 20 heavy (non-hydrogen) atoms. The second-order valence-corrected chi connectivity index (χ2v) is 5.62. The van der Waals surface area contributed by atoms with Crippen LogP contribution in [0.2, 0.25) is 0 Å². The molecular weight excluding hydrogens is 250 g/mol. The molecule has 2 unspecified atom stereocenters. The van der Waals surface area contributed by atoms with Crippen LogP contribution in [0.1, 0.15) is 44.6 Å². The Morgan fingerprint density at radius 3 is 2.65 bits per heavy atom. The normalized spacial score (nSPS) is 22.6. The summed E-state index contributed by atoms with van der Waals surface area (Å²) in [7, 11) is 3.40. The number of benzene rings is 1. The standard InChI is InChI=1S/C17H27NO2/c1-4-13-7-5-6-8-16(13)18-12-14-9-10-15(19-2)11-17(14)20-3/h9-11,13,16,18H,4-8,12H2,1-3H3. The number of methoxy groups -OCH3 is 2. The number of rotatable bonds is 6. The van der Waals surface area contributed by atoms with Crippen LogP contribution in [0.3, 0.4) is 0 Å². The largest absolute Gasteiger partial charge is 0.497 e. The Hall–Kier alpha value is -1.22. The highest BCUT2D eigenvalue weighted by molar-refractivity contribution is 5.40. The molecular formula is C17H27NO2. The van der Waals surface area contributed by atoms with E-state index < -0.39 is 0 Å². The van der Waals surface area contributed by atoms with Crippen LogP contribution >= 0.6 is 0 Å². The summed E-state index contributed by atoms with van der Waals surface area (Å²) in [6.45, 7) is 3.17. The minimum atomic E-state index is 0.653. The van der Waals surface area contributed by atoms with Gasteiger partial charge in [0.05, 0.1) is 14.2 Å². The van der Waals surface area contributed by atoms with Gasteiger partial charge in [0.1, 0.15) is 11.5 Å². The zero-order chi connectivity index (χ0) is 14.4. The molecule has 0 amide bonds. The lowest BCUT2D eigenvalue weighted by atomic mass is 9.83. The van der Waals surface area contributed by atoms with Crippen molar-refractivity contribution >= 4 is 0 Å². The lowest BCUT2D eigenvalue weighted by Crippen LogP contribution is -2.37. The molecule has 3 nitrogen and oxygen atoms in total. The number of ether oxygens (including phenoxy) is 2. The van der Waals surface area contributed by atoms with E-state index in [2.05, 4.69) is 18.3 Å². The summed E-state index contributed by atoms with van der Waals surface area (Å²) in [6.07, 6.45) is 6.69. The molecule has 2 rings (SSSR count). The van der Waals surface area contributed by atoms with Crippen molar-refractivity contribution in [1.82, 2.24) is 5.32 Å². The van der Waals surface area contributed by atoms with Gasteiger partial charge < -0.3 is 14.8 Å². The molecule has 0 aliphatic heterocycles. The monoisotopic (exact) mass is 277 g/mol. The van der Waals surface area contributed by atoms with Gasteiger partial charge in [-0.15, -0.1) is 0 Å². The molecule has 112 valence electrons. The maximum Gasteiger partial charge on any atom is 0.127 e. The second-order valence-electron chi connectivity index (χ2n) is 5.62. The zero-order valence-electron chi connectivity index (χ0n) is 12.9. The summed E-state index contributed by atoms with van der Waals surface area (Å²) >= 11 is 0. The van der Waals surface area contributed by atoms with Crippen molar-refractivity contribution in [3.05, 3.63) is 23.8 Å². The van der Waals surface area contributed by atoms with Gasteiger partial charge in [0.25, 0.3) is 0 Å². The Morgan fingerprint density at radius 1 is 1.15 bits per heavy atom. The highest BCUT2D eigenvalue weighted by Gasteiger charge is 2.23. The highest BCUT2D eigenvalue weighted by Crippen LogP contribution is 2.28. The maximum atomic E-state index is 5.46. The fourth-order valence-electron chi connectivity index (χ4n) is 3.20. The SMILES string of the molecule is CCC1CCCCC1NCc1ccc(OC)cc1OC. The van der Waals surface area contributed by atoms with E-state index in [9.17, 15) is 0 Å². The lowest BCUT2D eigenvalue weighted by molar-refractivity contribution is 0.253. The molecule has 1 aromatic carbocycles. The van der Waals surface area contributed by atoms with Gasteiger partial charge in [-0.25, -0.2) is 0 Å². The van der Waals surface area contributed by atoms with Gasteiger partial charge in [-0.1, -0.05) is 32.3 Å². The van der Waals surface area contributed by atoms with Crippen molar-refractivity contribution in [2.24, 2.45) is 5.92 Å². The fraction of sp³-hybridized carbons (Fsp3) is 0.647. The predicted molar refractivity (Wildman–Crippen MR) is 82.4 cm³/mol. The summed E-state index contributed by atoms with van der Waals surface area (Å²) in [5.74, 6) is 2.57. The van der Waals surface area contributed by atoms with Gasteiger partial charge in [-0.05, 0) is 24.8 Å².